The summed E-state index contributed by atoms with van der Waals surface area (Å²) in [5.74, 6) is 4.89. The van der Waals surface area contributed by atoms with Gasteiger partial charge in [0.2, 0.25) is 0 Å². The molecule has 2 aromatic heterocycles. The van der Waals surface area contributed by atoms with Crippen molar-refractivity contribution < 1.29 is 4.74 Å². The second-order valence-electron chi connectivity index (χ2n) is 21.6. The summed E-state index contributed by atoms with van der Waals surface area (Å²) < 4.78 is 9.12. The van der Waals surface area contributed by atoms with Crippen molar-refractivity contribution in [3.8, 4) is 17.3 Å². The number of nitrogens with zero attached hydrogens (tertiary/aromatic N) is 5. The summed E-state index contributed by atoms with van der Waals surface area (Å²) in [7, 11) is 0. The number of hydrogen-bond acceptors (Lipinski definition) is 5. The van der Waals surface area contributed by atoms with E-state index in [-0.39, 0.29) is 23.1 Å². The van der Waals surface area contributed by atoms with E-state index in [9.17, 15) is 0 Å². The first-order valence-electron chi connectivity index (χ1n) is 24.5. The Kier molecular flexibility index (Phi) is 9.96. The minimum atomic E-state index is -0.0370. The van der Waals surface area contributed by atoms with Crippen molar-refractivity contribution in [3.05, 3.63) is 222 Å². The third kappa shape index (κ3) is 7.38. The quantitative estimate of drug-likeness (QED) is 0.149. The van der Waals surface area contributed by atoms with Crippen LogP contribution in [0.4, 0.5) is 17.1 Å². The highest BCUT2D eigenvalue weighted by Crippen LogP contribution is 2.50. The lowest BCUT2D eigenvalue weighted by Crippen LogP contribution is -2.44. The molecule has 0 fully saturated rings. The SMILES string of the molecule is CC(C)(C)c1ccnc(-n2c3ccccc3c3ccc(Oc4cccc(N5CN(C6=C(c7ccc8c(c7)C(C)(C)CCC8(C)C)C=CN7C=CC(c8ccccc8)=CB67)c6ccccc65)c4)cc32)c1. The normalized spacial score (nSPS) is 17.1. The monoisotopic (exact) mass is 899 g/mol. The molecule has 0 amide bonds. The van der Waals surface area contributed by atoms with Gasteiger partial charge < -0.3 is 19.3 Å². The molecule has 8 aromatic rings. The van der Waals surface area contributed by atoms with Gasteiger partial charge in [-0.3, -0.25) is 4.57 Å². The molecule has 0 saturated carbocycles. The van der Waals surface area contributed by atoms with Crippen LogP contribution in [0.25, 0.3) is 38.8 Å². The summed E-state index contributed by atoms with van der Waals surface area (Å²) in [6.07, 6.45) is 13.4. The van der Waals surface area contributed by atoms with E-state index < -0.39 is 0 Å². The van der Waals surface area contributed by atoms with E-state index in [0.29, 0.717) is 6.67 Å². The van der Waals surface area contributed by atoms with Crippen LogP contribution in [-0.4, -0.2) is 27.9 Å². The van der Waals surface area contributed by atoms with Gasteiger partial charge in [-0.1, -0.05) is 139 Å². The fourth-order valence-electron chi connectivity index (χ4n) is 11.2. The first kappa shape index (κ1) is 42.8. The minimum absolute atomic E-state index is 0.0116. The van der Waals surface area contributed by atoms with Gasteiger partial charge in [0.15, 0.2) is 0 Å². The molecule has 69 heavy (non-hydrogen) atoms. The third-order valence-electron chi connectivity index (χ3n) is 15.2. The molecule has 0 unspecified atom stereocenters. The fourth-order valence-corrected chi connectivity index (χ4v) is 11.2. The van der Waals surface area contributed by atoms with Gasteiger partial charge in [0.1, 0.15) is 17.3 Å². The van der Waals surface area contributed by atoms with Gasteiger partial charge in [-0.15, -0.1) is 0 Å². The molecule has 12 rings (SSSR count). The topological polar surface area (TPSA) is 36.8 Å². The van der Waals surface area contributed by atoms with Crippen LogP contribution in [0.15, 0.2) is 194 Å². The highest BCUT2D eigenvalue weighted by molar-refractivity contribution is 6.73. The Morgan fingerprint density at radius 3 is 2.12 bits per heavy atom. The lowest BCUT2D eigenvalue weighted by Gasteiger charge is -2.42. The molecule has 5 heterocycles. The van der Waals surface area contributed by atoms with E-state index in [1.54, 1.807) is 0 Å². The van der Waals surface area contributed by atoms with Crippen LogP contribution in [0.2, 0.25) is 0 Å². The molecule has 0 radical (unpaired) electrons. The lowest BCUT2D eigenvalue weighted by molar-refractivity contribution is 0.332. The summed E-state index contributed by atoms with van der Waals surface area (Å²) in [4.78, 5) is 12.3. The minimum Gasteiger partial charge on any atom is -0.457 e. The molecule has 0 bridgehead atoms. The number of para-hydroxylation sites is 3. The zero-order valence-electron chi connectivity index (χ0n) is 40.7. The largest absolute Gasteiger partial charge is 0.457 e. The number of aromatic nitrogens is 2. The van der Waals surface area contributed by atoms with Gasteiger partial charge in [0, 0.05) is 40.4 Å². The van der Waals surface area contributed by atoms with Gasteiger partial charge in [0.05, 0.1) is 29.1 Å². The van der Waals surface area contributed by atoms with Gasteiger partial charge in [-0.2, -0.15) is 0 Å². The number of hydrogen-bond donors (Lipinski definition) is 0. The molecule has 0 spiro atoms. The van der Waals surface area contributed by atoms with E-state index in [1.165, 1.54) is 68.5 Å². The average Bonchev–Trinajstić information content (AvgIpc) is 3.91. The summed E-state index contributed by atoms with van der Waals surface area (Å²) in [6, 6.07) is 54.9. The van der Waals surface area contributed by atoms with Crippen LogP contribution >= 0.6 is 0 Å². The fraction of sp³-hybridized carbons (Fsp3) is 0.210. The number of benzene rings is 6. The molecule has 6 nitrogen and oxygen atoms in total. The molecule has 0 N–H and O–H groups in total. The van der Waals surface area contributed by atoms with E-state index in [1.807, 2.05) is 6.20 Å². The summed E-state index contributed by atoms with van der Waals surface area (Å²) in [5.41, 5.74) is 16.2. The Labute approximate surface area is 407 Å². The zero-order chi connectivity index (χ0) is 47.2. The van der Waals surface area contributed by atoms with Crippen molar-refractivity contribution in [2.24, 2.45) is 0 Å². The molecule has 3 aliphatic heterocycles. The molecular formula is C62H58BN5O. The van der Waals surface area contributed by atoms with Crippen LogP contribution in [0.1, 0.15) is 89.1 Å². The Morgan fingerprint density at radius 2 is 1.30 bits per heavy atom. The number of fused-ring (bicyclic) bond motifs is 6. The first-order valence-corrected chi connectivity index (χ1v) is 24.5. The van der Waals surface area contributed by atoms with Crippen molar-refractivity contribution in [3.63, 3.8) is 0 Å². The van der Waals surface area contributed by atoms with Crippen molar-refractivity contribution in [2.75, 3.05) is 16.5 Å². The number of rotatable bonds is 7. The second-order valence-corrected chi connectivity index (χ2v) is 21.6. The molecule has 1 aliphatic carbocycles. The average molecular weight is 900 g/mol. The van der Waals surface area contributed by atoms with Gasteiger partial charge in [-0.05, 0) is 147 Å². The van der Waals surface area contributed by atoms with E-state index >= 15 is 0 Å². The maximum atomic E-state index is 6.84. The zero-order valence-corrected chi connectivity index (χ0v) is 40.7. The summed E-state index contributed by atoms with van der Waals surface area (Å²) >= 11 is 0. The van der Waals surface area contributed by atoms with Gasteiger partial charge in [-0.25, -0.2) is 4.98 Å². The van der Waals surface area contributed by atoms with E-state index in [4.69, 9.17) is 9.72 Å². The molecule has 6 aromatic carbocycles. The number of pyridine rings is 1. The second kappa shape index (κ2) is 16.1. The van der Waals surface area contributed by atoms with E-state index in [0.717, 1.165) is 45.1 Å². The standard InChI is InChI=1S/C62H58BN5O/c1-60(2,3)45-28-33-64-58(37-45)68-54-21-12-11-20-50(54)51-26-25-48(39-57(51)68)69-47-19-15-18-46(38-47)66-41-67(56-23-14-13-22-55(56)66)59-49(43-24-27-52-53(36-43)62(6,7)32-31-61(52,4)5)30-35-65-34-29-44(40-63(59)65)42-16-9-8-10-17-42/h8-30,33-40H,31-32,41H2,1-7H3. The lowest BCUT2D eigenvalue weighted by atomic mass is 9.51. The first-order chi connectivity index (χ1) is 33.3. The van der Waals surface area contributed by atoms with Crippen molar-refractivity contribution in [1.82, 2.24) is 14.4 Å². The predicted molar refractivity (Wildman–Crippen MR) is 289 cm³/mol. The van der Waals surface area contributed by atoms with Gasteiger partial charge >= 0.3 is 6.85 Å². The van der Waals surface area contributed by atoms with Crippen LogP contribution in [0.5, 0.6) is 11.5 Å². The van der Waals surface area contributed by atoms with Crippen molar-refractivity contribution in [2.45, 2.75) is 77.6 Å². The molecular weight excluding hydrogens is 842 g/mol. The number of anilines is 3. The summed E-state index contributed by atoms with van der Waals surface area (Å²) in [6.45, 7) is 17.0. The van der Waals surface area contributed by atoms with Crippen LogP contribution in [-0.2, 0) is 16.2 Å². The molecule has 0 atom stereocenters. The van der Waals surface area contributed by atoms with Crippen LogP contribution in [0.3, 0.4) is 0 Å². The van der Waals surface area contributed by atoms with Crippen molar-refractivity contribution >= 4 is 56.9 Å². The number of allylic oxidation sites excluding steroid dienone is 4. The van der Waals surface area contributed by atoms with Crippen LogP contribution in [0, 0.1) is 0 Å². The number of ether oxygens (including phenoxy) is 1. The highest BCUT2D eigenvalue weighted by Gasteiger charge is 2.41. The summed E-state index contributed by atoms with van der Waals surface area (Å²) in [5, 5.41) is 2.35. The molecule has 4 aliphatic rings. The molecule has 340 valence electrons. The maximum Gasteiger partial charge on any atom is 0.338 e. The molecule has 0 saturated heterocycles. The maximum absolute atomic E-state index is 6.84. The Bertz CT molecular complexity index is 3480. The Balaban J connectivity index is 0.940. The Hall–Kier alpha value is -7.51. The van der Waals surface area contributed by atoms with Crippen LogP contribution < -0.4 is 14.5 Å². The smallest absolute Gasteiger partial charge is 0.338 e. The van der Waals surface area contributed by atoms with Gasteiger partial charge in [0.25, 0.3) is 0 Å². The molecule has 7 heteroatoms. The third-order valence-corrected chi connectivity index (χ3v) is 15.2. The predicted octanol–water partition coefficient (Wildman–Crippen LogP) is 15.5. The van der Waals surface area contributed by atoms with E-state index in [2.05, 4.69) is 250 Å². The Morgan fingerprint density at radius 1 is 0.594 bits per heavy atom. The van der Waals surface area contributed by atoms with Crippen molar-refractivity contribution in [1.29, 1.82) is 0 Å². The highest BCUT2D eigenvalue weighted by atomic mass is 16.5.